The first-order valence-electron chi connectivity index (χ1n) is 8.13. The van der Waals surface area contributed by atoms with Crippen LogP contribution in [0.3, 0.4) is 0 Å². The molecule has 0 spiro atoms. The van der Waals surface area contributed by atoms with Crippen LogP contribution in [0.25, 0.3) is 6.08 Å². The van der Waals surface area contributed by atoms with Gasteiger partial charge in [0.05, 0.1) is 21.9 Å². The molecule has 0 saturated carbocycles. The summed E-state index contributed by atoms with van der Waals surface area (Å²) in [5, 5.41) is 5.48. The molecular formula is C19H20N3NaO4S. The average molecular weight is 409 g/mol. The number of carbonyl (C=O) groups is 1. The molecule has 3 rings (SSSR count). The van der Waals surface area contributed by atoms with Gasteiger partial charge in [-0.3, -0.25) is 9.35 Å². The van der Waals surface area contributed by atoms with Gasteiger partial charge in [0.25, 0.3) is 16.0 Å². The first kappa shape index (κ1) is 22.3. The summed E-state index contributed by atoms with van der Waals surface area (Å²) in [6, 6.07) is 13.1. The molecule has 0 atom stereocenters. The molecule has 0 aromatic heterocycles. The van der Waals surface area contributed by atoms with E-state index >= 15 is 0 Å². The fourth-order valence-corrected chi connectivity index (χ4v) is 3.13. The van der Waals surface area contributed by atoms with Crippen molar-refractivity contribution in [2.45, 2.75) is 11.8 Å². The maximum atomic E-state index is 12.7. The fourth-order valence-electron chi connectivity index (χ4n) is 2.65. The summed E-state index contributed by atoms with van der Waals surface area (Å²) in [5.74, 6) is -0.302. The predicted molar refractivity (Wildman–Crippen MR) is 107 cm³/mol. The number of hydrazone groups is 1. The summed E-state index contributed by atoms with van der Waals surface area (Å²) >= 11 is 0. The van der Waals surface area contributed by atoms with E-state index in [1.807, 2.05) is 43.3 Å². The summed E-state index contributed by atoms with van der Waals surface area (Å²) in [4.78, 5) is 14.5. The smallest absolute Gasteiger partial charge is 1.00 e. The van der Waals surface area contributed by atoms with Crippen LogP contribution < -0.4 is 39.5 Å². The van der Waals surface area contributed by atoms with Crippen LogP contribution >= 0.6 is 0 Å². The van der Waals surface area contributed by atoms with Crippen molar-refractivity contribution < 1.29 is 48.7 Å². The molecule has 1 aliphatic heterocycles. The van der Waals surface area contributed by atoms with Crippen LogP contribution in [-0.2, 0) is 14.9 Å². The zero-order valence-corrected chi connectivity index (χ0v) is 18.9. The molecular weight excluding hydrogens is 389 g/mol. The number of rotatable bonds is 4. The molecule has 1 amide bonds. The Hall–Kier alpha value is -1.97. The molecule has 0 fully saturated rings. The predicted octanol–water partition coefficient (Wildman–Crippen LogP) is -0.0781. The minimum Gasteiger partial charge on any atom is -1.00 e. The minimum absolute atomic E-state index is 0. The van der Waals surface area contributed by atoms with Gasteiger partial charge in [0.1, 0.15) is 0 Å². The van der Waals surface area contributed by atoms with Gasteiger partial charge in [0.15, 0.2) is 0 Å². The number of anilines is 2. The molecule has 142 valence electrons. The standard InChI is InChI=1S/C19H19N3O4S.Na.H/c1-13-18(12-14-4-6-15(7-5-14)21(2)3)19(23)22(20-13)16-8-10-17(11-9-16)27(24,25)26;;/h4-12H,1-3H3,(H,24,25,26);;/q;+1;-1/b18-12+;;. The van der Waals surface area contributed by atoms with Gasteiger partial charge in [-0.1, -0.05) is 12.1 Å². The van der Waals surface area contributed by atoms with E-state index in [0.717, 1.165) is 11.3 Å². The van der Waals surface area contributed by atoms with Crippen LogP contribution in [0.2, 0.25) is 0 Å². The van der Waals surface area contributed by atoms with Crippen LogP contribution in [0.1, 0.15) is 13.9 Å². The third-order valence-corrected chi connectivity index (χ3v) is 5.03. The normalized spacial score (nSPS) is 15.4. The maximum Gasteiger partial charge on any atom is 1.00 e. The zero-order chi connectivity index (χ0) is 19.8. The molecule has 9 heteroatoms. The molecule has 28 heavy (non-hydrogen) atoms. The van der Waals surface area contributed by atoms with E-state index in [2.05, 4.69) is 5.10 Å². The van der Waals surface area contributed by atoms with E-state index in [9.17, 15) is 13.2 Å². The Labute approximate surface area is 187 Å². The Balaban J connectivity index is 0.00000210. The number of nitrogens with zero attached hydrogens (tertiary/aromatic N) is 3. The molecule has 1 aliphatic rings. The molecule has 0 saturated heterocycles. The van der Waals surface area contributed by atoms with Gasteiger partial charge < -0.3 is 6.33 Å². The second-order valence-electron chi connectivity index (χ2n) is 6.32. The van der Waals surface area contributed by atoms with Crippen molar-refractivity contribution in [2.75, 3.05) is 24.0 Å². The third kappa shape index (κ3) is 4.71. The Kier molecular flexibility index (Phi) is 6.84. The van der Waals surface area contributed by atoms with Crippen LogP contribution in [0.4, 0.5) is 11.4 Å². The average Bonchev–Trinajstić information content (AvgIpc) is 2.90. The topological polar surface area (TPSA) is 90.3 Å². The molecule has 0 bridgehead atoms. The maximum absolute atomic E-state index is 12.7. The molecule has 1 heterocycles. The second kappa shape index (κ2) is 8.59. The summed E-state index contributed by atoms with van der Waals surface area (Å²) in [5.41, 5.74) is 3.38. The van der Waals surface area contributed by atoms with Crippen LogP contribution in [0.5, 0.6) is 0 Å². The molecule has 2 aromatic carbocycles. The Morgan fingerprint density at radius 2 is 1.64 bits per heavy atom. The van der Waals surface area contributed by atoms with Gasteiger partial charge >= 0.3 is 29.6 Å². The second-order valence-corrected chi connectivity index (χ2v) is 7.74. The fraction of sp³-hybridized carbons (Fsp3) is 0.158. The number of carbonyl (C=O) groups excluding carboxylic acids is 1. The minimum atomic E-state index is -4.28. The molecule has 1 N–H and O–H groups in total. The van der Waals surface area contributed by atoms with E-state index in [-0.39, 0.29) is 41.8 Å². The van der Waals surface area contributed by atoms with Crippen molar-refractivity contribution in [2.24, 2.45) is 5.10 Å². The monoisotopic (exact) mass is 409 g/mol. The number of amides is 1. The number of hydrogen-bond acceptors (Lipinski definition) is 5. The quantitative estimate of drug-likeness (QED) is 0.434. The third-order valence-electron chi connectivity index (χ3n) is 4.16. The van der Waals surface area contributed by atoms with E-state index in [1.165, 1.54) is 29.3 Å². The van der Waals surface area contributed by atoms with Gasteiger partial charge in [0, 0.05) is 19.8 Å². The Morgan fingerprint density at radius 3 is 2.14 bits per heavy atom. The van der Waals surface area contributed by atoms with Gasteiger partial charge in [-0.15, -0.1) is 0 Å². The summed E-state index contributed by atoms with van der Waals surface area (Å²) < 4.78 is 31.3. The van der Waals surface area contributed by atoms with E-state index < -0.39 is 10.1 Å². The summed E-state index contributed by atoms with van der Waals surface area (Å²) in [6.07, 6.45) is 1.77. The van der Waals surface area contributed by atoms with Crippen molar-refractivity contribution in [3.05, 3.63) is 59.7 Å². The van der Waals surface area contributed by atoms with Gasteiger partial charge in [-0.05, 0) is 55.0 Å². The number of hydrogen-bond donors (Lipinski definition) is 1. The Morgan fingerprint density at radius 1 is 1.07 bits per heavy atom. The van der Waals surface area contributed by atoms with E-state index in [0.29, 0.717) is 17.0 Å². The molecule has 0 unspecified atom stereocenters. The van der Waals surface area contributed by atoms with Crippen molar-refractivity contribution in [3.63, 3.8) is 0 Å². The van der Waals surface area contributed by atoms with Crippen molar-refractivity contribution in [1.82, 2.24) is 0 Å². The Bertz CT molecular complexity index is 1050. The van der Waals surface area contributed by atoms with E-state index in [4.69, 9.17) is 4.55 Å². The molecule has 2 aromatic rings. The number of benzene rings is 2. The van der Waals surface area contributed by atoms with Gasteiger partial charge in [-0.2, -0.15) is 18.5 Å². The van der Waals surface area contributed by atoms with Crippen LogP contribution in [-0.4, -0.2) is 38.7 Å². The summed E-state index contributed by atoms with van der Waals surface area (Å²) in [7, 11) is -0.374. The summed E-state index contributed by atoms with van der Waals surface area (Å²) in [6.45, 7) is 1.74. The van der Waals surface area contributed by atoms with Crippen molar-refractivity contribution in [1.29, 1.82) is 0 Å². The van der Waals surface area contributed by atoms with Gasteiger partial charge in [0.2, 0.25) is 0 Å². The molecule has 0 radical (unpaired) electrons. The largest absolute Gasteiger partial charge is 1.00 e. The van der Waals surface area contributed by atoms with Crippen molar-refractivity contribution >= 4 is 39.2 Å². The molecule has 7 nitrogen and oxygen atoms in total. The first-order chi connectivity index (χ1) is 12.7. The van der Waals surface area contributed by atoms with Crippen molar-refractivity contribution in [3.8, 4) is 0 Å². The molecule has 0 aliphatic carbocycles. The van der Waals surface area contributed by atoms with Crippen LogP contribution in [0.15, 0.2) is 64.1 Å². The zero-order valence-electron chi connectivity index (χ0n) is 17.1. The van der Waals surface area contributed by atoms with Crippen LogP contribution in [0, 0.1) is 0 Å². The SMILES string of the molecule is CC1=NN(c2ccc(S(=O)(=O)O)cc2)C(=O)/C1=C/c1ccc(N(C)C)cc1.[H-].[Na+]. The van der Waals surface area contributed by atoms with E-state index in [1.54, 1.807) is 13.0 Å². The van der Waals surface area contributed by atoms with Gasteiger partial charge in [-0.25, -0.2) is 0 Å². The first-order valence-corrected chi connectivity index (χ1v) is 9.57.